The summed E-state index contributed by atoms with van der Waals surface area (Å²) < 4.78 is 27.9. The van der Waals surface area contributed by atoms with Gasteiger partial charge in [0.25, 0.3) is 0 Å². The highest BCUT2D eigenvalue weighted by molar-refractivity contribution is 7.90. The van der Waals surface area contributed by atoms with E-state index < -0.39 is 9.84 Å². The lowest BCUT2D eigenvalue weighted by Gasteiger charge is -2.10. The third kappa shape index (κ3) is 3.52. The van der Waals surface area contributed by atoms with Gasteiger partial charge in [0, 0.05) is 23.4 Å². The van der Waals surface area contributed by atoms with Gasteiger partial charge >= 0.3 is 0 Å². The van der Waals surface area contributed by atoms with Crippen molar-refractivity contribution in [1.82, 2.24) is 15.5 Å². The monoisotopic (exact) mass is 301 g/mol. The van der Waals surface area contributed by atoms with Crippen LogP contribution in [0.5, 0.6) is 0 Å². The van der Waals surface area contributed by atoms with Crippen LogP contribution in [0.25, 0.3) is 0 Å². The molecule has 0 aliphatic heterocycles. The van der Waals surface area contributed by atoms with Crippen molar-refractivity contribution in [3.8, 4) is 0 Å². The maximum atomic E-state index is 11.7. The van der Waals surface area contributed by atoms with Gasteiger partial charge in [-0.25, -0.2) is 8.42 Å². The zero-order valence-corrected chi connectivity index (χ0v) is 11.7. The van der Waals surface area contributed by atoms with Gasteiger partial charge < -0.3 is 9.84 Å². The molecule has 1 aromatic heterocycles. The molecule has 1 N–H and O–H groups in total. The van der Waals surface area contributed by atoms with E-state index in [1.54, 1.807) is 12.1 Å². The molecular formula is C11H12ClN3O3S. The normalized spacial score (nSPS) is 11.7. The van der Waals surface area contributed by atoms with Crippen molar-refractivity contribution in [2.75, 3.05) is 6.26 Å². The first-order valence-electron chi connectivity index (χ1n) is 5.42. The van der Waals surface area contributed by atoms with Crippen LogP contribution in [0.2, 0.25) is 5.02 Å². The van der Waals surface area contributed by atoms with Gasteiger partial charge in [-0.15, -0.1) is 0 Å². The third-order valence-electron chi connectivity index (χ3n) is 2.47. The van der Waals surface area contributed by atoms with Gasteiger partial charge in [-0.05, 0) is 12.1 Å². The average molecular weight is 302 g/mol. The lowest BCUT2D eigenvalue weighted by molar-refractivity contribution is 0.407. The maximum absolute atomic E-state index is 11.7. The second-order valence-corrected chi connectivity index (χ2v) is 6.33. The van der Waals surface area contributed by atoms with E-state index in [1.807, 2.05) is 0 Å². The summed E-state index contributed by atoms with van der Waals surface area (Å²) in [5, 5.41) is 7.07. The Bertz CT molecular complexity index is 656. The average Bonchev–Trinajstić information content (AvgIpc) is 2.82. The van der Waals surface area contributed by atoms with Crippen LogP contribution in [0.3, 0.4) is 0 Å². The Hall–Kier alpha value is -1.44. The Morgan fingerprint density at radius 1 is 1.37 bits per heavy atom. The van der Waals surface area contributed by atoms with Crippen molar-refractivity contribution in [2.24, 2.45) is 0 Å². The number of nitrogens with one attached hydrogen (secondary N) is 1. The van der Waals surface area contributed by atoms with Crippen molar-refractivity contribution >= 4 is 21.4 Å². The third-order valence-corrected chi connectivity index (χ3v) is 4.00. The number of halogens is 1. The van der Waals surface area contributed by atoms with Crippen molar-refractivity contribution in [1.29, 1.82) is 0 Å². The molecular weight excluding hydrogens is 290 g/mol. The molecule has 0 fully saturated rings. The number of benzene rings is 1. The van der Waals surface area contributed by atoms with Gasteiger partial charge in [0.05, 0.1) is 11.4 Å². The van der Waals surface area contributed by atoms with Crippen LogP contribution in [-0.4, -0.2) is 24.8 Å². The molecule has 1 heterocycles. The van der Waals surface area contributed by atoms with E-state index in [9.17, 15) is 8.42 Å². The Morgan fingerprint density at radius 3 is 2.79 bits per heavy atom. The molecule has 8 heteroatoms. The summed E-state index contributed by atoms with van der Waals surface area (Å²) in [7, 11) is -3.31. The maximum Gasteiger partial charge on any atom is 0.213 e. The number of hydrogen-bond acceptors (Lipinski definition) is 6. The first-order valence-corrected chi connectivity index (χ1v) is 7.69. The number of rotatable bonds is 5. The number of sulfone groups is 1. The van der Waals surface area contributed by atoms with Crippen LogP contribution >= 0.6 is 11.6 Å². The van der Waals surface area contributed by atoms with Gasteiger partial charge in [-0.1, -0.05) is 22.8 Å². The largest absolute Gasteiger partial charge is 0.343 e. The Morgan fingerprint density at radius 2 is 2.16 bits per heavy atom. The molecule has 0 saturated carbocycles. The van der Waals surface area contributed by atoms with Gasteiger partial charge in [0.15, 0.2) is 15.7 Å². The predicted molar refractivity (Wildman–Crippen MR) is 69.4 cm³/mol. The van der Waals surface area contributed by atoms with Crippen LogP contribution in [-0.2, 0) is 22.9 Å². The van der Waals surface area contributed by atoms with Gasteiger partial charge in [-0.2, -0.15) is 4.98 Å². The van der Waals surface area contributed by atoms with Crippen LogP contribution in [0, 0.1) is 0 Å². The van der Waals surface area contributed by atoms with Gasteiger partial charge in [0.1, 0.15) is 0 Å². The summed E-state index contributed by atoms with van der Waals surface area (Å²) in [6.07, 6.45) is 2.38. The molecule has 0 unspecified atom stereocenters. The van der Waals surface area contributed by atoms with Gasteiger partial charge in [0.2, 0.25) is 6.39 Å². The predicted octanol–water partition coefficient (Wildman–Crippen LogP) is 1.42. The quantitative estimate of drug-likeness (QED) is 0.899. The highest BCUT2D eigenvalue weighted by Gasteiger charge is 2.15. The second kappa shape index (κ2) is 5.68. The van der Waals surface area contributed by atoms with Crippen LogP contribution in [0.4, 0.5) is 0 Å². The molecule has 2 aromatic rings. The molecule has 1 aromatic carbocycles. The topological polar surface area (TPSA) is 85.1 Å². The van der Waals surface area contributed by atoms with Crippen molar-refractivity contribution in [3.05, 3.63) is 41.0 Å². The number of hydrogen-bond donors (Lipinski definition) is 1. The molecule has 0 radical (unpaired) electrons. The molecule has 0 saturated heterocycles. The fourth-order valence-corrected chi connectivity index (χ4v) is 2.88. The molecule has 0 aliphatic carbocycles. The van der Waals surface area contributed by atoms with Crippen LogP contribution in [0.1, 0.15) is 11.4 Å². The van der Waals surface area contributed by atoms with Crippen LogP contribution in [0.15, 0.2) is 34.0 Å². The minimum Gasteiger partial charge on any atom is -0.343 e. The first kappa shape index (κ1) is 14.0. The molecule has 6 nitrogen and oxygen atoms in total. The van der Waals surface area contributed by atoms with E-state index in [-0.39, 0.29) is 4.90 Å². The summed E-state index contributed by atoms with van der Waals surface area (Å²) in [5.41, 5.74) is 0.537. The molecule has 0 amide bonds. The van der Waals surface area contributed by atoms with E-state index in [0.29, 0.717) is 29.5 Å². The summed E-state index contributed by atoms with van der Waals surface area (Å²) in [4.78, 5) is 4.07. The highest BCUT2D eigenvalue weighted by atomic mass is 35.5. The second-order valence-electron chi connectivity index (χ2n) is 3.94. The van der Waals surface area contributed by atoms with E-state index >= 15 is 0 Å². The molecule has 0 spiro atoms. The smallest absolute Gasteiger partial charge is 0.213 e. The summed E-state index contributed by atoms with van der Waals surface area (Å²) in [5.74, 6) is 0.493. The molecule has 2 rings (SSSR count). The van der Waals surface area contributed by atoms with Crippen molar-refractivity contribution in [2.45, 2.75) is 18.0 Å². The van der Waals surface area contributed by atoms with Crippen molar-refractivity contribution in [3.63, 3.8) is 0 Å². The number of nitrogens with zero attached hydrogens (tertiary/aromatic N) is 2. The molecule has 0 atom stereocenters. The molecule has 0 bridgehead atoms. The zero-order chi connectivity index (χ0) is 13.9. The summed E-state index contributed by atoms with van der Waals surface area (Å²) in [6, 6.07) is 4.80. The summed E-state index contributed by atoms with van der Waals surface area (Å²) >= 11 is 6.04. The fraction of sp³-hybridized carbons (Fsp3) is 0.273. The first-order chi connectivity index (χ1) is 8.98. The van der Waals surface area contributed by atoms with E-state index in [4.69, 9.17) is 11.6 Å². The molecule has 19 heavy (non-hydrogen) atoms. The van der Waals surface area contributed by atoms with Gasteiger partial charge in [-0.3, -0.25) is 0 Å². The lowest BCUT2D eigenvalue weighted by Crippen LogP contribution is -2.16. The standard InChI is InChI=1S/C11H12ClN3O3S/c1-19(16,17)10-4-2-3-9(12)8(10)5-13-6-11-14-7-18-15-11/h2-4,7,13H,5-6H2,1H3. The molecule has 0 aliphatic rings. The van der Waals surface area contributed by atoms with E-state index in [1.165, 1.54) is 12.5 Å². The van der Waals surface area contributed by atoms with Crippen LogP contribution < -0.4 is 5.32 Å². The lowest BCUT2D eigenvalue weighted by atomic mass is 10.2. The SMILES string of the molecule is CS(=O)(=O)c1cccc(Cl)c1CNCc1ncon1. The minimum atomic E-state index is -3.31. The van der Waals surface area contributed by atoms with E-state index in [2.05, 4.69) is 20.0 Å². The Kier molecular flexibility index (Phi) is 4.18. The van der Waals surface area contributed by atoms with E-state index in [0.717, 1.165) is 6.26 Å². The zero-order valence-electron chi connectivity index (χ0n) is 10.1. The fourth-order valence-electron chi connectivity index (χ4n) is 1.63. The minimum absolute atomic E-state index is 0.223. The number of aromatic nitrogens is 2. The summed E-state index contributed by atoms with van der Waals surface area (Å²) in [6.45, 7) is 0.668. The Balaban J connectivity index is 2.15. The van der Waals surface area contributed by atoms with Crippen molar-refractivity contribution < 1.29 is 12.9 Å². The highest BCUT2D eigenvalue weighted by Crippen LogP contribution is 2.23. The Labute approximate surface area is 115 Å². The molecule has 102 valence electrons.